The molecule has 0 saturated heterocycles. The van der Waals surface area contributed by atoms with Crippen molar-refractivity contribution in [2.24, 2.45) is 0 Å². The van der Waals surface area contributed by atoms with E-state index in [1.165, 1.54) is 29.2 Å². The van der Waals surface area contributed by atoms with Gasteiger partial charge in [-0.3, -0.25) is 14.4 Å². The van der Waals surface area contributed by atoms with Crippen LogP contribution in [0.25, 0.3) is 0 Å². The molecule has 3 aromatic rings. The van der Waals surface area contributed by atoms with Crippen LogP contribution in [-0.2, 0) is 32.6 Å². The summed E-state index contributed by atoms with van der Waals surface area (Å²) in [5, 5.41) is 3.60. The predicted octanol–water partition coefficient (Wildman–Crippen LogP) is 4.69. The summed E-state index contributed by atoms with van der Waals surface area (Å²) in [6.45, 7) is 4.55. The average Bonchev–Trinajstić information content (AvgIpc) is 3.07. The first-order chi connectivity index (χ1) is 18.8. The van der Waals surface area contributed by atoms with Crippen molar-refractivity contribution < 1.29 is 22.8 Å². The first-order valence-corrected chi connectivity index (χ1v) is 14.7. The molecular weight excluding hydrogens is 573 g/mol. The minimum Gasteiger partial charge on any atom is -0.350 e. The number of rotatable bonds is 8. The zero-order valence-corrected chi connectivity index (χ0v) is 24.6. The highest BCUT2D eigenvalue weighted by Gasteiger charge is 2.43. The van der Waals surface area contributed by atoms with Gasteiger partial charge in [-0.15, -0.1) is 0 Å². The Morgan fingerprint density at radius 1 is 0.975 bits per heavy atom. The van der Waals surface area contributed by atoms with Gasteiger partial charge in [0.05, 0.1) is 5.56 Å². The van der Waals surface area contributed by atoms with Gasteiger partial charge in [0.15, 0.2) is 0 Å². The van der Waals surface area contributed by atoms with Gasteiger partial charge in [0.25, 0.3) is 15.9 Å². The standard InChI is InChI=1S/C29H29Cl2N3O5S/c1-29(2,3)32-27(36)24(15-19-9-5-4-6-10-19)33(17-20-13-14-21(30)16-23(20)31)26(35)18-34-28(37)22-11-7-8-12-25(22)40(34,38)39/h4-14,16,24H,15,17-18H2,1-3H3,(H,32,36). The average molecular weight is 603 g/mol. The molecule has 3 amide bonds. The van der Waals surface area contributed by atoms with E-state index in [1.54, 1.807) is 18.2 Å². The van der Waals surface area contributed by atoms with Crippen molar-refractivity contribution in [1.29, 1.82) is 0 Å². The van der Waals surface area contributed by atoms with Crippen molar-refractivity contribution >= 4 is 50.9 Å². The number of sulfonamides is 1. The predicted molar refractivity (Wildman–Crippen MR) is 154 cm³/mol. The van der Waals surface area contributed by atoms with Gasteiger partial charge >= 0.3 is 0 Å². The van der Waals surface area contributed by atoms with Crippen LogP contribution >= 0.6 is 23.2 Å². The number of fused-ring (bicyclic) bond motifs is 1. The molecule has 0 saturated carbocycles. The smallest absolute Gasteiger partial charge is 0.269 e. The number of amides is 3. The Morgan fingerprint density at radius 2 is 1.62 bits per heavy atom. The largest absolute Gasteiger partial charge is 0.350 e. The second kappa shape index (κ2) is 11.6. The SMILES string of the molecule is CC(C)(C)NC(=O)C(Cc1ccccc1)N(Cc1ccc(Cl)cc1Cl)C(=O)CN1C(=O)c2ccccc2S1(=O)=O. The molecule has 210 valence electrons. The van der Waals surface area contributed by atoms with Crippen LogP contribution in [-0.4, -0.2) is 53.5 Å². The van der Waals surface area contributed by atoms with Gasteiger partial charge in [-0.25, -0.2) is 12.7 Å². The van der Waals surface area contributed by atoms with Crippen LogP contribution in [0, 0.1) is 0 Å². The summed E-state index contributed by atoms with van der Waals surface area (Å²) in [6, 6.07) is 18.7. The van der Waals surface area contributed by atoms with Crippen molar-refractivity contribution in [2.45, 2.75) is 50.2 Å². The molecule has 1 heterocycles. The third-order valence-electron chi connectivity index (χ3n) is 6.32. The van der Waals surface area contributed by atoms with Crippen LogP contribution in [0.4, 0.5) is 0 Å². The highest BCUT2D eigenvalue weighted by atomic mass is 35.5. The highest BCUT2D eigenvalue weighted by Crippen LogP contribution is 2.30. The Kier molecular flexibility index (Phi) is 8.58. The first kappa shape index (κ1) is 29.6. The van der Waals surface area contributed by atoms with E-state index in [0.717, 1.165) is 5.56 Å². The molecule has 1 aliphatic rings. The molecule has 0 fully saturated rings. The van der Waals surface area contributed by atoms with Gasteiger partial charge in [0, 0.05) is 28.5 Å². The van der Waals surface area contributed by atoms with Crippen molar-refractivity contribution in [3.05, 3.63) is 99.5 Å². The zero-order valence-electron chi connectivity index (χ0n) is 22.2. The Morgan fingerprint density at radius 3 is 2.25 bits per heavy atom. The van der Waals surface area contributed by atoms with Crippen LogP contribution in [0.15, 0.2) is 77.7 Å². The van der Waals surface area contributed by atoms with Crippen molar-refractivity contribution in [1.82, 2.24) is 14.5 Å². The summed E-state index contributed by atoms with van der Waals surface area (Å²) in [5.41, 5.74) is 0.664. The molecule has 11 heteroatoms. The van der Waals surface area contributed by atoms with Crippen LogP contribution in [0.1, 0.15) is 42.3 Å². The normalized spacial score (nSPS) is 14.9. The summed E-state index contributed by atoms with van der Waals surface area (Å²) in [4.78, 5) is 41.9. The van der Waals surface area contributed by atoms with Crippen LogP contribution < -0.4 is 5.32 Å². The molecule has 0 aliphatic carbocycles. The van der Waals surface area contributed by atoms with E-state index < -0.39 is 45.9 Å². The molecule has 1 aliphatic heterocycles. The fraction of sp³-hybridized carbons (Fsp3) is 0.276. The minimum atomic E-state index is -4.25. The van der Waals surface area contributed by atoms with Gasteiger partial charge in [0.1, 0.15) is 17.5 Å². The van der Waals surface area contributed by atoms with E-state index in [9.17, 15) is 22.8 Å². The fourth-order valence-electron chi connectivity index (χ4n) is 4.44. The number of carbonyl (C=O) groups excluding carboxylic acids is 3. The third kappa shape index (κ3) is 6.49. The van der Waals surface area contributed by atoms with Gasteiger partial charge in [0.2, 0.25) is 11.8 Å². The topological polar surface area (TPSA) is 104 Å². The lowest BCUT2D eigenvalue weighted by molar-refractivity contribution is -0.141. The van der Waals surface area contributed by atoms with E-state index in [-0.39, 0.29) is 28.4 Å². The molecule has 8 nitrogen and oxygen atoms in total. The summed E-state index contributed by atoms with van der Waals surface area (Å²) in [6.07, 6.45) is 0.140. The van der Waals surface area contributed by atoms with E-state index in [2.05, 4.69) is 5.32 Å². The van der Waals surface area contributed by atoms with Crippen LogP contribution in [0.3, 0.4) is 0 Å². The molecule has 4 rings (SSSR count). The number of hydrogen-bond donors (Lipinski definition) is 1. The molecule has 0 radical (unpaired) electrons. The quantitative estimate of drug-likeness (QED) is 0.403. The number of hydrogen-bond acceptors (Lipinski definition) is 5. The monoisotopic (exact) mass is 601 g/mol. The molecular formula is C29H29Cl2N3O5S. The lowest BCUT2D eigenvalue weighted by Gasteiger charge is -2.34. The van der Waals surface area contributed by atoms with Crippen molar-refractivity contribution in [3.8, 4) is 0 Å². The molecule has 1 N–H and O–H groups in total. The maximum absolute atomic E-state index is 14.0. The maximum Gasteiger partial charge on any atom is 0.269 e. The molecule has 1 atom stereocenters. The van der Waals surface area contributed by atoms with Gasteiger partial charge in [-0.05, 0) is 56.2 Å². The molecule has 3 aromatic carbocycles. The van der Waals surface area contributed by atoms with Crippen LogP contribution in [0.5, 0.6) is 0 Å². The number of nitrogens with one attached hydrogen (secondary N) is 1. The Balaban J connectivity index is 1.75. The van der Waals surface area contributed by atoms with Crippen molar-refractivity contribution in [2.75, 3.05) is 6.54 Å². The Hall–Kier alpha value is -3.40. The molecule has 0 spiro atoms. The lowest BCUT2D eigenvalue weighted by atomic mass is 10.0. The molecule has 0 bridgehead atoms. The fourth-order valence-corrected chi connectivity index (χ4v) is 6.43. The Labute approximate surface area is 243 Å². The van der Waals surface area contributed by atoms with E-state index in [0.29, 0.717) is 14.9 Å². The second-order valence-electron chi connectivity index (χ2n) is 10.5. The number of nitrogens with zero attached hydrogens (tertiary/aromatic N) is 2. The third-order valence-corrected chi connectivity index (χ3v) is 8.69. The minimum absolute atomic E-state index is 0.00564. The second-order valence-corrected chi connectivity index (χ2v) is 13.2. The van der Waals surface area contributed by atoms with Gasteiger partial charge in [-0.2, -0.15) is 0 Å². The van der Waals surface area contributed by atoms with E-state index in [4.69, 9.17) is 23.2 Å². The number of halogens is 2. The molecule has 40 heavy (non-hydrogen) atoms. The number of carbonyl (C=O) groups is 3. The van der Waals surface area contributed by atoms with E-state index in [1.807, 2.05) is 51.1 Å². The summed E-state index contributed by atoms with van der Waals surface area (Å²) in [5.74, 6) is -1.97. The summed E-state index contributed by atoms with van der Waals surface area (Å²) in [7, 11) is -4.25. The van der Waals surface area contributed by atoms with Gasteiger partial charge in [-0.1, -0.05) is 71.7 Å². The van der Waals surface area contributed by atoms with E-state index >= 15 is 0 Å². The molecule has 0 aromatic heterocycles. The number of benzene rings is 3. The van der Waals surface area contributed by atoms with Crippen molar-refractivity contribution in [3.63, 3.8) is 0 Å². The maximum atomic E-state index is 14.0. The highest BCUT2D eigenvalue weighted by molar-refractivity contribution is 7.90. The summed E-state index contributed by atoms with van der Waals surface area (Å²) < 4.78 is 27.0. The van der Waals surface area contributed by atoms with Crippen LogP contribution in [0.2, 0.25) is 10.0 Å². The summed E-state index contributed by atoms with van der Waals surface area (Å²) >= 11 is 12.5. The Bertz CT molecular complexity index is 1560. The first-order valence-electron chi connectivity index (χ1n) is 12.5. The zero-order chi connectivity index (χ0) is 29.2. The lowest BCUT2D eigenvalue weighted by Crippen LogP contribution is -2.56. The molecule has 1 unspecified atom stereocenters. The van der Waals surface area contributed by atoms with Gasteiger partial charge < -0.3 is 10.2 Å².